The molecular formula is C12H17BrN2O2S. The van der Waals surface area contributed by atoms with Gasteiger partial charge >= 0.3 is 0 Å². The van der Waals surface area contributed by atoms with Crippen LogP contribution in [-0.2, 0) is 11.3 Å². The summed E-state index contributed by atoms with van der Waals surface area (Å²) in [4.78, 5) is 15.2. The fourth-order valence-electron chi connectivity index (χ4n) is 2.29. The third-order valence-corrected chi connectivity index (χ3v) is 5.10. The Morgan fingerprint density at radius 3 is 3.11 bits per heavy atom. The van der Waals surface area contributed by atoms with Crippen molar-refractivity contribution in [1.29, 1.82) is 0 Å². The van der Waals surface area contributed by atoms with Crippen LogP contribution in [0, 0.1) is 0 Å². The van der Waals surface area contributed by atoms with E-state index in [-0.39, 0.29) is 11.9 Å². The Morgan fingerprint density at radius 1 is 1.72 bits per heavy atom. The lowest BCUT2D eigenvalue weighted by Crippen LogP contribution is -2.41. The van der Waals surface area contributed by atoms with E-state index in [4.69, 9.17) is 4.74 Å². The number of thiophene rings is 1. The minimum atomic E-state index is 0.0156. The predicted octanol–water partition coefficient (Wildman–Crippen LogP) is 2.23. The number of carbonyl (C=O) groups is 1. The fraction of sp³-hybridized carbons (Fsp3) is 0.583. The zero-order chi connectivity index (χ0) is 13.1. The molecule has 18 heavy (non-hydrogen) atoms. The maximum Gasteiger partial charge on any atom is 0.237 e. The summed E-state index contributed by atoms with van der Waals surface area (Å²) in [6.07, 6.45) is 2.03. The molecule has 0 bridgehead atoms. The summed E-state index contributed by atoms with van der Waals surface area (Å²) in [6, 6.07) is 2.09. The van der Waals surface area contributed by atoms with E-state index in [0.717, 1.165) is 35.5 Å². The molecule has 1 saturated heterocycles. The summed E-state index contributed by atoms with van der Waals surface area (Å²) >= 11 is 5.10. The van der Waals surface area contributed by atoms with Gasteiger partial charge in [-0.05, 0) is 41.4 Å². The van der Waals surface area contributed by atoms with Crippen LogP contribution in [-0.4, -0.2) is 37.6 Å². The zero-order valence-electron chi connectivity index (χ0n) is 10.5. The first kappa shape index (κ1) is 13.8. The molecule has 0 radical (unpaired) electrons. The monoisotopic (exact) mass is 332 g/mol. The van der Waals surface area contributed by atoms with Crippen molar-refractivity contribution in [2.45, 2.75) is 25.4 Å². The van der Waals surface area contributed by atoms with Crippen molar-refractivity contribution < 1.29 is 9.53 Å². The number of carbonyl (C=O) groups excluding carboxylic acids is 1. The van der Waals surface area contributed by atoms with Crippen LogP contribution in [0.4, 0.5) is 0 Å². The number of ether oxygens (including phenoxy) is 1. The summed E-state index contributed by atoms with van der Waals surface area (Å²) in [6.45, 7) is 1.79. The molecule has 1 aromatic rings. The van der Waals surface area contributed by atoms with Gasteiger partial charge in [-0.2, -0.15) is 0 Å². The largest absolute Gasteiger partial charge is 0.486 e. The quantitative estimate of drug-likeness (QED) is 0.919. The van der Waals surface area contributed by atoms with Crippen molar-refractivity contribution in [3.05, 3.63) is 15.4 Å². The molecule has 1 N–H and O–H groups in total. The van der Waals surface area contributed by atoms with E-state index in [2.05, 4.69) is 32.2 Å². The second kappa shape index (κ2) is 6.04. The van der Waals surface area contributed by atoms with Gasteiger partial charge < -0.3 is 10.1 Å². The summed E-state index contributed by atoms with van der Waals surface area (Å²) in [7, 11) is 3.37. The molecule has 1 aliphatic heterocycles. The van der Waals surface area contributed by atoms with Crippen LogP contribution >= 0.6 is 27.3 Å². The molecule has 0 aliphatic carbocycles. The second-order valence-corrected chi connectivity index (χ2v) is 6.25. The van der Waals surface area contributed by atoms with Crippen LogP contribution in [0.15, 0.2) is 10.5 Å². The topological polar surface area (TPSA) is 41.6 Å². The van der Waals surface area contributed by atoms with Crippen LogP contribution < -0.4 is 10.1 Å². The lowest BCUT2D eigenvalue weighted by molar-refractivity contribution is -0.125. The smallest absolute Gasteiger partial charge is 0.237 e. The summed E-state index contributed by atoms with van der Waals surface area (Å²) in [5.41, 5.74) is 0. The molecule has 0 saturated carbocycles. The minimum absolute atomic E-state index is 0.0156. The molecule has 1 aliphatic rings. The van der Waals surface area contributed by atoms with Gasteiger partial charge in [0.25, 0.3) is 0 Å². The van der Waals surface area contributed by atoms with E-state index >= 15 is 0 Å². The average molecular weight is 333 g/mol. The normalized spacial score (nSPS) is 20.1. The molecule has 4 nitrogen and oxygen atoms in total. The SMILES string of the molecule is CNC(=O)[C@@H]1CCCN1Cc1cc(Br)c(OC)s1. The van der Waals surface area contributed by atoms with Crippen LogP contribution in [0.3, 0.4) is 0 Å². The zero-order valence-corrected chi connectivity index (χ0v) is 12.9. The summed E-state index contributed by atoms with van der Waals surface area (Å²) in [5.74, 6) is 0.120. The number of rotatable bonds is 4. The maximum atomic E-state index is 11.8. The molecule has 1 amide bonds. The van der Waals surface area contributed by atoms with Gasteiger partial charge in [0.05, 0.1) is 17.6 Å². The highest BCUT2D eigenvalue weighted by atomic mass is 79.9. The molecule has 0 aromatic carbocycles. The number of methoxy groups -OCH3 is 1. The van der Waals surface area contributed by atoms with Gasteiger partial charge in [0, 0.05) is 18.5 Å². The van der Waals surface area contributed by atoms with Gasteiger partial charge in [-0.25, -0.2) is 0 Å². The van der Waals surface area contributed by atoms with Crippen LogP contribution in [0.1, 0.15) is 17.7 Å². The standard InChI is InChI=1S/C12H17BrN2O2S/c1-14-11(16)10-4-3-5-15(10)7-8-6-9(13)12(17-2)18-8/h6,10H,3-5,7H2,1-2H3,(H,14,16)/t10-/m0/s1. The lowest BCUT2D eigenvalue weighted by atomic mass is 10.2. The molecule has 6 heteroatoms. The highest BCUT2D eigenvalue weighted by molar-refractivity contribution is 9.10. The van der Waals surface area contributed by atoms with E-state index in [1.54, 1.807) is 25.5 Å². The Kier molecular flexibility index (Phi) is 4.64. The molecule has 1 fully saturated rings. The third kappa shape index (κ3) is 2.87. The highest BCUT2D eigenvalue weighted by Gasteiger charge is 2.30. The molecular weight excluding hydrogens is 316 g/mol. The summed E-state index contributed by atoms with van der Waals surface area (Å²) in [5, 5.41) is 3.63. The first-order chi connectivity index (χ1) is 8.65. The first-order valence-corrected chi connectivity index (χ1v) is 7.54. The number of likely N-dealkylation sites (tertiary alicyclic amines) is 1. The number of hydrogen-bond acceptors (Lipinski definition) is 4. The Bertz CT molecular complexity index is 436. The van der Waals surface area contributed by atoms with E-state index in [0.29, 0.717) is 0 Å². The van der Waals surface area contributed by atoms with Crippen LogP contribution in [0.25, 0.3) is 0 Å². The van der Waals surface area contributed by atoms with Crippen molar-refractivity contribution in [2.75, 3.05) is 20.7 Å². The lowest BCUT2D eigenvalue weighted by Gasteiger charge is -2.22. The van der Waals surface area contributed by atoms with Crippen LogP contribution in [0.5, 0.6) is 5.06 Å². The first-order valence-electron chi connectivity index (χ1n) is 5.93. The number of likely N-dealkylation sites (N-methyl/N-ethyl adjacent to an activating group) is 1. The van der Waals surface area contributed by atoms with Crippen molar-refractivity contribution in [3.63, 3.8) is 0 Å². The maximum absolute atomic E-state index is 11.8. The van der Waals surface area contributed by atoms with Gasteiger partial charge in [0.2, 0.25) is 5.91 Å². The Labute approximate surface area is 119 Å². The Morgan fingerprint density at radius 2 is 2.50 bits per heavy atom. The van der Waals surface area contributed by atoms with Crippen molar-refractivity contribution in [3.8, 4) is 5.06 Å². The van der Waals surface area contributed by atoms with Gasteiger partial charge in [-0.15, -0.1) is 11.3 Å². The predicted molar refractivity (Wildman–Crippen MR) is 76.1 cm³/mol. The Hall–Kier alpha value is -0.590. The van der Waals surface area contributed by atoms with Crippen molar-refractivity contribution >= 4 is 33.2 Å². The van der Waals surface area contributed by atoms with Crippen molar-refractivity contribution in [1.82, 2.24) is 10.2 Å². The van der Waals surface area contributed by atoms with Gasteiger partial charge in [0.1, 0.15) is 0 Å². The number of halogens is 1. The van der Waals surface area contributed by atoms with Crippen LogP contribution in [0.2, 0.25) is 0 Å². The molecule has 2 heterocycles. The molecule has 100 valence electrons. The minimum Gasteiger partial charge on any atom is -0.486 e. The van der Waals surface area contributed by atoms with Gasteiger partial charge in [-0.1, -0.05) is 0 Å². The van der Waals surface area contributed by atoms with Gasteiger partial charge in [0.15, 0.2) is 5.06 Å². The number of amides is 1. The average Bonchev–Trinajstić information content (AvgIpc) is 2.95. The second-order valence-electron chi connectivity index (χ2n) is 4.29. The third-order valence-electron chi connectivity index (χ3n) is 3.16. The summed E-state index contributed by atoms with van der Waals surface area (Å²) < 4.78 is 6.25. The Balaban J connectivity index is 2.05. The van der Waals surface area contributed by atoms with Gasteiger partial charge in [-0.3, -0.25) is 9.69 Å². The molecule has 0 spiro atoms. The molecule has 1 atom stereocenters. The van der Waals surface area contributed by atoms with Crippen molar-refractivity contribution in [2.24, 2.45) is 0 Å². The highest BCUT2D eigenvalue weighted by Crippen LogP contribution is 2.36. The van der Waals surface area contributed by atoms with E-state index < -0.39 is 0 Å². The molecule has 2 rings (SSSR count). The van der Waals surface area contributed by atoms with E-state index in [1.165, 1.54) is 4.88 Å². The van der Waals surface area contributed by atoms with E-state index in [9.17, 15) is 4.79 Å². The van der Waals surface area contributed by atoms with E-state index in [1.807, 2.05) is 0 Å². The number of nitrogens with zero attached hydrogens (tertiary/aromatic N) is 1. The molecule has 1 aromatic heterocycles. The number of nitrogens with one attached hydrogen (secondary N) is 1. The number of hydrogen-bond donors (Lipinski definition) is 1. The fourth-order valence-corrected chi connectivity index (χ4v) is 4.01. The molecule has 0 unspecified atom stereocenters.